The van der Waals surface area contributed by atoms with Gasteiger partial charge in [0.1, 0.15) is 0 Å². The largest absolute Gasteiger partial charge is 0.465 e. The average Bonchev–Trinajstić information content (AvgIpc) is 3.12. The van der Waals surface area contributed by atoms with Crippen molar-refractivity contribution in [3.05, 3.63) is 101 Å². The number of hydrogen-bond acceptors (Lipinski definition) is 7. The number of rotatable bonds is 7. The highest BCUT2D eigenvalue weighted by Crippen LogP contribution is 2.26. The molecule has 0 fully saturated rings. The van der Waals surface area contributed by atoms with Crippen LogP contribution in [-0.2, 0) is 20.8 Å². The Morgan fingerprint density at radius 2 is 1.51 bits per heavy atom. The molecule has 3 aromatic rings. The molecule has 0 atom stereocenters. The van der Waals surface area contributed by atoms with Crippen LogP contribution in [0.15, 0.2) is 72.8 Å². The lowest BCUT2D eigenvalue weighted by Crippen LogP contribution is -2.29. The fraction of sp³-hybridized carbons (Fsp3) is 0.115. The number of ether oxygens (including phenoxy) is 2. The zero-order chi connectivity index (χ0) is 24.9. The van der Waals surface area contributed by atoms with Crippen molar-refractivity contribution < 1.29 is 33.4 Å². The number of benzene rings is 3. The SMILES string of the molecule is COC(=O)c1ccccc1NC(=O)COC(=O)c1ccc2c(c1)C(=O)N(Cc1ccccc1)C2=O. The van der Waals surface area contributed by atoms with Gasteiger partial charge in [0, 0.05) is 0 Å². The fourth-order valence-corrected chi connectivity index (χ4v) is 3.61. The lowest BCUT2D eigenvalue weighted by Gasteiger charge is -2.13. The maximum absolute atomic E-state index is 12.8. The Labute approximate surface area is 200 Å². The van der Waals surface area contributed by atoms with Crippen molar-refractivity contribution in [2.45, 2.75) is 6.54 Å². The first-order valence-electron chi connectivity index (χ1n) is 10.6. The highest BCUT2D eigenvalue weighted by atomic mass is 16.5. The number of methoxy groups -OCH3 is 1. The molecule has 35 heavy (non-hydrogen) atoms. The van der Waals surface area contributed by atoms with Crippen LogP contribution in [0.1, 0.15) is 47.0 Å². The van der Waals surface area contributed by atoms with Crippen molar-refractivity contribution in [3.8, 4) is 0 Å². The van der Waals surface area contributed by atoms with Gasteiger partial charge in [-0.2, -0.15) is 0 Å². The number of para-hydroxylation sites is 1. The molecule has 1 aliphatic rings. The van der Waals surface area contributed by atoms with Gasteiger partial charge in [-0.3, -0.25) is 19.3 Å². The van der Waals surface area contributed by atoms with E-state index in [0.717, 1.165) is 10.5 Å². The molecule has 0 saturated heterocycles. The van der Waals surface area contributed by atoms with Gasteiger partial charge in [-0.25, -0.2) is 9.59 Å². The molecule has 0 bridgehead atoms. The van der Waals surface area contributed by atoms with E-state index in [0.29, 0.717) is 0 Å². The van der Waals surface area contributed by atoms with Gasteiger partial charge in [0.05, 0.1) is 41.6 Å². The predicted octanol–water partition coefficient (Wildman–Crippen LogP) is 3.06. The molecule has 1 aliphatic heterocycles. The highest BCUT2D eigenvalue weighted by Gasteiger charge is 2.36. The van der Waals surface area contributed by atoms with Gasteiger partial charge >= 0.3 is 11.9 Å². The van der Waals surface area contributed by atoms with Crippen LogP contribution in [0, 0.1) is 0 Å². The molecule has 0 radical (unpaired) electrons. The second kappa shape index (κ2) is 10.0. The van der Waals surface area contributed by atoms with E-state index in [4.69, 9.17) is 4.74 Å². The minimum Gasteiger partial charge on any atom is -0.465 e. The van der Waals surface area contributed by atoms with Crippen molar-refractivity contribution in [1.82, 2.24) is 4.90 Å². The van der Waals surface area contributed by atoms with Gasteiger partial charge < -0.3 is 14.8 Å². The van der Waals surface area contributed by atoms with E-state index in [2.05, 4.69) is 10.1 Å². The van der Waals surface area contributed by atoms with Crippen LogP contribution < -0.4 is 5.32 Å². The van der Waals surface area contributed by atoms with Crippen molar-refractivity contribution in [1.29, 1.82) is 0 Å². The predicted molar refractivity (Wildman–Crippen MR) is 124 cm³/mol. The maximum Gasteiger partial charge on any atom is 0.339 e. The summed E-state index contributed by atoms with van der Waals surface area (Å²) in [6, 6.07) is 19.3. The van der Waals surface area contributed by atoms with Gasteiger partial charge in [-0.05, 0) is 35.9 Å². The van der Waals surface area contributed by atoms with Crippen molar-refractivity contribution in [3.63, 3.8) is 0 Å². The van der Waals surface area contributed by atoms with E-state index in [-0.39, 0.29) is 34.5 Å². The fourth-order valence-electron chi connectivity index (χ4n) is 3.61. The molecule has 9 heteroatoms. The summed E-state index contributed by atoms with van der Waals surface area (Å²) in [7, 11) is 1.22. The molecule has 176 valence electrons. The Morgan fingerprint density at radius 3 is 2.26 bits per heavy atom. The molecule has 3 aromatic carbocycles. The van der Waals surface area contributed by atoms with Crippen molar-refractivity contribution >= 4 is 35.3 Å². The quantitative estimate of drug-likeness (QED) is 0.415. The summed E-state index contributed by atoms with van der Waals surface area (Å²) in [5.74, 6) is -3.10. The highest BCUT2D eigenvalue weighted by molar-refractivity contribution is 6.21. The van der Waals surface area contributed by atoms with Crippen LogP contribution in [0.3, 0.4) is 0 Å². The van der Waals surface area contributed by atoms with E-state index in [1.807, 2.05) is 18.2 Å². The first-order chi connectivity index (χ1) is 16.9. The Balaban J connectivity index is 1.41. The second-order valence-corrected chi connectivity index (χ2v) is 7.60. The summed E-state index contributed by atoms with van der Waals surface area (Å²) in [6.45, 7) is -0.515. The minimum absolute atomic E-state index is 0.0224. The van der Waals surface area contributed by atoms with Gasteiger partial charge in [0.2, 0.25) is 0 Å². The van der Waals surface area contributed by atoms with E-state index < -0.39 is 36.3 Å². The smallest absolute Gasteiger partial charge is 0.339 e. The molecular formula is C26H20N2O7. The van der Waals surface area contributed by atoms with Crippen molar-refractivity contribution in [2.75, 3.05) is 19.0 Å². The zero-order valence-corrected chi connectivity index (χ0v) is 18.6. The topological polar surface area (TPSA) is 119 Å². The number of hydrogen-bond donors (Lipinski definition) is 1. The lowest BCUT2D eigenvalue weighted by molar-refractivity contribution is -0.119. The molecule has 0 spiro atoms. The third-order valence-corrected chi connectivity index (χ3v) is 5.33. The summed E-state index contributed by atoms with van der Waals surface area (Å²) in [5.41, 5.74) is 1.46. The Bertz CT molecular complexity index is 1330. The molecule has 3 amide bonds. The number of imide groups is 1. The molecule has 1 heterocycles. The molecule has 4 rings (SSSR count). The number of nitrogens with one attached hydrogen (secondary N) is 1. The standard InChI is InChI=1S/C26H20N2O7/c1-34-26(33)19-9-5-6-10-21(19)27-22(29)15-35-25(32)17-11-12-18-20(13-17)24(31)28(23(18)30)14-16-7-3-2-4-8-16/h2-13H,14-15H2,1H3,(H,27,29). The number of carbonyl (C=O) groups excluding carboxylic acids is 5. The summed E-state index contributed by atoms with van der Waals surface area (Å²) < 4.78 is 9.73. The van der Waals surface area contributed by atoms with Gasteiger partial charge in [0.15, 0.2) is 6.61 Å². The number of anilines is 1. The monoisotopic (exact) mass is 472 g/mol. The van der Waals surface area contributed by atoms with Gasteiger partial charge in [-0.15, -0.1) is 0 Å². The summed E-state index contributed by atoms with van der Waals surface area (Å²) in [5, 5.41) is 2.49. The van der Waals surface area contributed by atoms with E-state index >= 15 is 0 Å². The third-order valence-electron chi connectivity index (χ3n) is 5.33. The summed E-state index contributed by atoms with van der Waals surface area (Å²) >= 11 is 0. The van der Waals surface area contributed by atoms with Gasteiger partial charge in [0.25, 0.3) is 17.7 Å². The third kappa shape index (κ3) is 4.93. The number of amides is 3. The second-order valence-electron chi connectivity index (χ2n) is 7.60. The molecule has 0 aromatic heterocycles. The lowest BCUT2D eigenvalue weighted by atomic mass is 10.1. The first-order valence-corrected chi connectivity index (χ1v) is 10.6. The van der Waals surface area contributed by atoms with Crippen LogP contribution in [0.4, 0.5) is 5.69 Å². The molecule has 9 nitrogen and oxygen atoms in total. The zero-order valence-electron chi connectivity index (χ0n) is 18.6. The minimum atomic E-state index is -0.842. The normalized spacial score (nSPS) is 12.2. The van der Waals surface area contributed by atoms with Crippen LogP contribution in [0.25, 0.3) is 0 Å². The number of carbonyl (C=O) groups is 5. The Hall–Kier alpha value is -4.79. The van der Waals surface area contributed by atoms with E-state index in [9.17, 15) is 24.0 Å². The Morgan fingerprint density at radius 1 is 0.829 bits per heavy atom. The summed E-state index contributed by atoms with van der Waals surface area (Å²) in [6.07, 6.45) is 0. The van der Waals surface area contributed by atoms with Crippen LogP contribution in [-0.4, -0.2) is 48.3 Å². The van der Waals surface area contributed by atoms with Crippen LogP contribution in [0.5, 0.6) is 0 Å². The number of nitrogens with zero attached hydrogens (tertiary/aromatic N) is 1. The number of esters is 2. The van der Waals surface area contributed by atoms with E-state index in [1.54, 1.807) is 24.3 Å². The van der Waals surface area contributed by atoms with Crippen LogP contribution >= 0.6 is 0 Å². The van der Waals surface area contributed by atoms with Crippen molar-refractivity contribution in [2.24, 2.45) is 0 Å². The van der Waals surface area contributed by atoms with E-state index in [1.165, 1.54) is 37.4 Å². The average molecular weight is 472 g/mol. The first kappa shape index (κ1) is 23.4. The molecule has 0 aliphatic carbocycles. The molecule has 1 N–H and O–H groups in total. The van der Waals surface area contributed by atoms with Crippen LogP contribution in [0.2, 0.25) is 0 Å². The summed E-state index contributed by atoms with van der Waals surface area (Å²) in [4.78, 5) is 63.2. The Kier molecular flexibility index (Phi) is 6.68. The molecule has 0 saturated carbocycles. The molecule has 0 unspecified atom stereocenters. The maximum atomic E-state index is 12.8. The number of fused-ring (bicyclic) bond motifs is 1. The molecular weight excluding hydrogens is 452 g/mol. The van der Waals surface area contributed by atoms with Gasteiger partial charge in [-0.1, -0.05) is 42.5 Å².